The predicted molar refractivity (Wildman–Crippen MR) is 263 cm³/mol. The third-order valence-corrected chi connectivity index (χ3v) is 22.0. The Morgan fingerprint density at radius 2 is 1.66 bits per heavy atom. The predicted octanol–water partition coefficient (Wildman–Crippen LogP) is 8.47. The van der Waals surface area contributed by atoms with E-state index in [1.807, 2.05) is 30.3 Å². The van der Waals surface area contributed by atoms with Gasteiger partial charge in [0.2, 0.25) is 0 Å². The minimum absolute atomic E-state index is 0.187. The Hall–Kier alpha value is -4.88. The van der Waals surface area contributed by atoms with E-state index in [2.05, 4.69) is 91.1 Å². The van der Waals surface area contributed by atoms with Crippen LogP contribution in [0.3, 0.4) is 0 Å². The van der Waals surface area contributed by atoms with Crippen molar-refractivity contribution in [2.24, 2.45) is 0 Å². The van der Waals surface area contributed by atoms with E-state index in [1.165, 1.54) is 7.11 Å². The van der Waals surface area contributed by atoms with Crippen LogP contribution in [0.15, 0.2) is 85.1 Å². The summed E-state index contributed by atoms with van der Waals surface area (Å²) in [5, 5.41) is 13.6. The maximum absolute atomic E-state index is 13.7. The molecule has 5 N–H and O–H groups in total. The van der Waals surface area contributed by atoms with Crippen molar-refractivity contribution >= 4 is 95.8 Å². The van der Waals surface area contributed by atoms with Crippen molar-refractivity contribution in [2.45, 2.75) is 17.3 Å². The molecule has 0 radical (unpaired) electrons. The Labute approximate surface area is 374 Å². The van der Waals surface area contributed by atoms with Gasteiger partial charge in [0.25, 0.3) is 5.91 Å². The molecule has 0 bridgehead atoms. The fourth-order valence-electron chi connectivity index (χ4n) is 6.69. The molecular weight excluding hydrogens is 1020 g/mol. The van der Waals surface area contributed by atoms with Crippen LogP contribution in [0.4, 0.5) is 33.4 Å². The molecule has 5 aromatic rings. The van der Waals surface area contributed by atoms with Gasteiger partial charge in [-0.2, -0.15) is 0 Å². The first-order chi connectivity index (χ1) is 29.0. The minimum atomic E-state index is -3.66. The standard InChI is InChI=1S/C44H50I2N8O6S/c1-8-29-23-30(42(55)48-17-18-54-21-19-53(5)20-22-54)25-32(24-29)49-40-28-33(15-16-47-40)60-39-14-13-36(34-11-9-10-12-35(34)39)50-43(56)51-37-26-31(44(2,3)46(4)45)27-38(41(37)59-6)52-61(7,57)58/h1,9-16,23-28,52H,17-22H2,2-7H3,(H,47,49)(H,48,55)(H2,50,51,56). The molecule has 4 aromatic carbocycles. The third kappa shape index (κ3) is 11.9. The van der Waals surface area contributed by atoms with Crippen LogP contribution in [0, 0.1) is 12.3 Å². The van der Waals surface area contributed by atoms with Gasteiger partial charge in [-0.25, -0.2) is 4.98 Å². The average molecular weight is 1070 g/mol. The van der Waals surface area contributed by atoms with Gasteiger partial charge >= 0.3 is 218 Å². The first kappa shape index (κ1) is 45.6. The number of aromatic nitrogens is 1. The molecule has 6 rings (SSSR count). The maximum atomic E-state index is 13.7. The number of hydrogen-bond acceptors (Lipinski definition) is 10. The molecule has 322 valence electrons. The monoisotopic (exact) mass is 1070 g/mol. The fraction of sp³-hybridized carbons (Fsp3) is 0.295. The molecule has 14 nitrogen and oxygen atoms in total. The number of methoxy groups -OCH3 is 1. The van der Waals surface area contributed by atoms with Crippen molar-refractivity contribution in [3.05, 3.63) is 102 Å². The number of hydrogen-bond donors (Lipinski definition) is 5. The number of ether oxygens (including phenoxy) is 2. The Balaban J connectivity index is 1.17. The number of halogens is 2. The third-order valence-electron chi connectivity index (χ3n) is 10.2. The Kier molecular flexibility index (Phi) is 14.9. The molecule has 3 amide bonds. The van der Waals surface area contributed by atoms with Crippen molar-refractivity contribution in [1.82, 2.24) is 20.1 Å². The van der Waals surface area contributed by atoms with Gasteiger partial charge in [0, 0.05) is 68.3 Å². The quantitative estimate of drug-likeness (QED) is 0.0390. The molecule has 0 atom stereocenters. The van der Waals surface area contributed by atoms with Gasteiger partial charge in [-0.1, -0.05) is 5.92 Å². The first-order valence-corrected chi connectivity index (χ1v) is 30.7. The molecule has 0 unspecified atom stereocenters. The Morgan fingerprint density at radius 1 is 0.951 bits per heavy atom. The van der Waals surface area contributed by atoms with E-state index in [1.54, 1.807) is 54.7 Å². The Morgan fingerprint density at radius 3 is 2.34 bits per heavy atom. The number of rotatable bonds is 15. The van der Waals surface area contributed by atoms with E-state index in [9.17, 15) is 18.0 Å². The van der Waals surface area contributed by atoms with Crippen molar-refractivity contribution in [3.63, 3.8) is 0 Å². The number of sulfonamides is 1. The topological polar surface area (TPSA) is 166 Å². The zero-order chi connectivity index (χ0) is 43.9. The summed E-state index contributed by atoms with van der Waals surface area (Å²) < 4.78 is 39.0. The number of likely N-dealkylation sites (N-methyl/N-ethyl adjacent to an activating group) is 1. The van der Waals surface area contributed by atoms with Gasteiger partial charge in [-0.15, -0.1) is 6.42 Å². The number of urea groups is 1. The molecule has 1 fully saturated rings. The molecule has 17 heteroatoms. The largest absolute Gasteiger partial charge is 0.351 e. The molecule has 1 aliphatic heterocycles. The molecular formula is C44H50I2N8O6S. The van der Waals surface area contributed by atoms with E-state index in [0.717, 1.165) is 55.3 Å². The summed E-state index contributed by atoms with van der Waals surface area (Å²) >= 11 is 0.965. The maximum Gasteiger partial charge on any atom is 0.251 e. The summed E-state index contributed by atoms with van der Waals surface area (Å²) in [6, 6.07) is 22.8. The summed E-state index contributed by atoms with van der Waals surface area (Å²) in [6.45, 7) is 9.52. The second-order valence-corrected chi connectivity index (χ2v) is 30.0. The zero-order valence-electron chi connectivity index (χ0n) is 34.9. The minimum Gasteiger partial charge on any atom is -0.351 e. The summed E-state index contributed by atoms with van der Waals surface area (Å²) in [5.41, 5.74) is 3.54. The molecule has 2 heterocycles. The van der Waals surface area contributed by atoms with Gasteiger partial charge in [0.15, 0.2) is 0 Å². The SMILES string of the molecule is C#Cc1cc(Nc2cc(Oc3ccc(NC(=O)Nc4cc(C(C)(C)I(C)I)cc(NS(C)(=O)=O)c4OC)c4ccccc34)ccn2)cc(C(=O)NCCN2CCN(C)CC2)c1. The molecule has 61 heavy (non-hydrogen) atoms. The molecule has 1 aliphatic rings. The van der Waals surface area contributed by atoms with E-state index in [4.69, 9.17) is 15.9 Å². The summed E-state index contributed by atoms with van der Waals surface area (Å²) in [6.07, 6.45) is 8.46. The molecule has 0 aliphatic carbocycles. The van der Waals surface area contributed by atoms with Crippen LogP contribution >= 0.6 is 34.5 Å². The van der Waals surface area contributed by atoms with E-state index < -0.39 is 31.9 Å². The van der Waals surface area contributed by atoms with Gasteiger partial charge in [-0.05, 0) is 31.3 Å². The molecule has 0 spiro atoms. The van der Waals surface area contributed by atoms with Crippen molar-refractivity contribution in [2.75, 3.05) is 85.3 Å². The number of carbonyl (C=O) groups excluding carboxylic acids is 2. The number of fused-ring (bicyclic) bond motifs is 1. The second-order valence-electron chi connectivity index (χ2n) is 15.0. The number of piperazine rings is 1. The molecule has 1 saturated heterocycles. The number of nitrogens with zero attached hydrogens (tertiary/aromatic N) is 3. The van der Waals surface area contributed by atoms with Gasteiger partial charge in [0.05, 0.1) is 0 Å². The first-order valence-electron chi connectivity index (χ1n) is 19.3. The number of amides is 3. The van der Waals surface area contributed by atoms with Crippen molar-refractivity contribution in [3.8, 4) is 29.6 Å². The van der Waals surface area contributed by atoms with Crippen LogP contribution < -0.4 is 35.5 Å². The number of terminal acetylenes is 1. The number of alkyl halides is 2. The summed E-state index contributed by atoms with van der Waals surface area (Å²) in [7, 11) is -0.118. The summed E-state index contributed by atoms with van der Waals surface area (Å²) in [5.74, 6) is 4.12. The van der Waals surface area contributed by atoms with Crippen LogP contribution in [0.25, 0.3) is 10.8 Å². The van der Waals surface area contributed by atoms with Crippen LogP contribution in [0.1, 0.15) is 35.3 Å². The normalized spacial score (nSPS) is 13.8. The van der Waals surface area contributed by atoms with E-state index >= 15 is 0 Å². The number of carbonyl (C=O) groups is 2. The van der Waals surface area contributed by atoms with Gasteiger partial charge < -0.3 is 15.5 Å². The van der Waals surface area contributed by atoms with Crippen molar-refractivity contribution < 1.29 is 27.5 Å². The second kappa shape index (κ2) is 19.9. The Bertz CT molecular complexity index is 2580. The fourth-order valence-corrected chi connectivity index (χ4v) is 9.99. The van der Waals surface area contributed by atoms with Crippen LogP contribution in [0.5, 0.6) is 17.2 Å². The average Bonchev–Trinajstić information content (AvgIpc) is 3.21. The molecule has 1 aromatic heterocycles. The van der Waals surface area contributed by atoms with Gasteiger partial charge in [-0.3, -0.25) is 9.69 Å². The van der Waals surface area contributed by atoms with Gasteiger partial charge in [0.1, 0.15) is 11.6 Å². The van der Waals surface area contributed by atoms with Crippen molar-refractivity contribution in [1.29, 1.82) is 0 Å². The zero-order valence-corrected chi connectivity index (χ0v) is 40.0. The number of nitrogens with one attached hydrogen (secondary N) is 5. The number of anilines is 5. The van der Waals surface area contributed by atoms with Crippen LogP contribution in [0.2, 0.25) is 0 Å². The van der Waals surface area contributed by atoms with E-state index in [0.29, 0.717) is 52.1 Å². The summed E-state index contributed by atoms with van der Waals surface area (Å²) in [4.78, 5) is 38.2. The number of pyridine rings is 1. The number of benzene rings is 4. The van der Waals surface area contributed by atoms with E-state index in [-0.39, 0.29) is 20.8 Å². The van der Waals surface area contributed by atoms with Crippen LogP contribution in [-0.4, -0.2) is 99.8 Å². The molecule has 0 saturated carbocycles. The smallest absolute Gasteiger partial charge is 0.251 e. The van der Waals surface area contributed by atoms with Crippen LogP contribution in [-0.2, 0) is 13.4 Å².